The number of phenolic OH excluding ortho intramolecular Hbond substituents is 1. The van der Waals surface area contributed by atoms with Crippen molar-refractivity contribution in [2.45, 2.75) is 42.9 Å². The Labute approximate surface area is 472 Å². The number of carbonyl (C=O) groups is 2. The molecule has 4 heterocycles. The van der Waals surface area contributed by atoms with Crippen LogP contribution < -0.4 is 4.74 Å². The van der Waals surface area contributed by atoms with Crippen LogP contribution in [-0.2, 0) is 32.0 Å². The molecule has 4 aromatic carbocycles. The number of ether oxygens (including phenoxy) is 1. The van der Waals surface area contributed by atoms with E-state index in [0.717, 1.165) is 34.0 Å². The molecule has 0 atom stereocenters. The van der Waals surface area contributed by atoms with Crippen LogP contribution in [0.15, 0.2) is 143 Å². The molecule has 0 spiro atoms. The van der Waals surface area contributed by atoms with E-state index < -0.39 is 54.9 Å². The van der Waals surface area contributed by atoms with Gasteiger partial charge in [0.15, 0.2) is 31.1 Å². The summed E-state index contributed by atoms with van der Waals surface area (Å²) in [6.45, 7) is 10.1. The molecular weight excluding hydrogens is 1150 g/mol. The lowest BCUT2D eigenvalue weighted by Crippen LogP contribution is -2.25. The predicted molar refractivity (Wildman–Crippen MR) is 301 cm³/mol. The van der Waals surface area contributed by atoms with E-state index in [0.29, 0.717) is 30.6 Å². The molecule has 0 aliphatic heterocycles. The third kappa shape index (κ3) is 17.5. The van der Waals surface area contributed by atoms with Crippen molar-refractivity contribution in [3.63, 3.8) is 0 Å². The number of thiophene rings is 2. The van der Waals surface area contributed by atoms with Crippen molar-refractivity contribution in [2.75, 3.05) is 60.3 Å². The average Bonchev–Trinajstić information content (AvgIpc) is 4.24. The molecule has 428 valence electrons. The van der Waals surface area contributed by atoms with Crippen LogP contribution >= 0.6 is 34.3 Å². The molecule has 4 aromatic heterocycles. The number of benzene rings is 4. The number of aromatic nitrogens is 4. The molecule has 15 nitrogen and oxygen atoms in total. The summed E-state index contributed by atoms with van der Waals surface area (Å²) in [7, 11) is -0.623. The number of halogens is 7. The highest BCUT2D eigenvalue weighted by atomic mass is 35.5. The third-order valence-electron chi connectivity index (χ3n) is 11.2. The Hall–Kier alpha value is -7.03. The number of rotatable bonds is 12. The van der Waals surface area contributed by atoms with Crippen molar-refractivity contribution in [3.05, 3.63) is 145 Å². The van der Waals surface area contributed by atoms with E-state index in [2.05, 4.69) is 35.9 Å². The Morgan fingerprint density at radius 2 is 0.963 bits per heavy atom. The number of phenols is 1. The molecule has 0 radical (unpaired) electrons. The number of aromatic hydroxyl groups is 1. The maximum atomic E-state index is 13.6. The summed E-state index contributed by atoms with van der Waals surface area (Å²) in [6, 6.07) is 33.1. The van der Waals surface area contributed by atoms with E-state index in [9.17, 15) is 57.9 Å². The van der Waals surface area contributed by atoms with Gasteiger partial charge in [0.1, 0.15) is 11.5 Å². The SMILES string of the molecule is CCN(CC)CC.CN(C)C(=O)Cl.CN(C)C(=O)Oc1cccc(-n2nc(C(F)(F)F)cc2-c2ccc(-c3cccc(S(C)(=O)=O)c3)s2)c1.CS(=O)(=O)c1cccc(-c2ccc(-c3cc(C(F)(F)F)nn3-c3cccc(O)c3)s2)c1. The maximum absolute atomic E-state index is 13.6. The van der Waals surface area contributed by atoms with Crippen molar-refractivity contribution < 1.29 is 62.6 Å². The largest absolute Gasteiger partial charge is 0.508 e. The minimum atomic E-state index is -4.68. The Balaban J connectivity index is 0.000000242. The molecule has 80 heavy (non-hydrogen) atoms. The Morgan fingerprint density at radius 1 is 0.575 bits per heavy atom. The van der Waals surface area contributed by atoms with Crippen LogP contribution in [0.25, 0.3) is 53.4 Å². The lowest BCUT2D eigenvalue weighted by atomic mass is 10.2. The number of nitrogens with zero attached hydrogens (tertiary/aromatic N) is 7. The molecule has 2 amide bonds. The zero-order valence-corrected chi connectivity index (χ0v) is 48.6. The van der Waals surface area contributed by atoms with Crippen LogP contribution in [0.1, 0.15) is 32.2 Å². The van der Waals surface area contributed by atoms with E-state index in [-0.39, 0.29) is 44.1 Å². The summed E-state index contributed by atoms with van der Waals surface area (Å²) in [5.41, 5.74) is 0.0371. The topological polar surface area (TPSA) is 177 Å². The van der Waals surface area contributed by atoms with Gasteiger partial charge in [-0.25, -0.2) is 31.0 Å². The Kier molecular flexibility index (Phi) is 21.5. The molecule has 26 heteroatoms. The molecule has 0 aliphatic carbocycles. The van der Waals surface area contributed by atoms with Gasteiger partial charge in [0.05, 0.1) is 42.3 Å². The number of hydrogen-bond acceptors (Lipinski definition) is 13. The van der Waals surface area contributed by atoms with Gasteiger partial charge >= 0.3 is 23.8 Å². The second-order valence-corrected chi connectivity index (χ2v) is 24.1. The number of carbonyl (C=O) groups excluding carboxylic acids is 2. The molecule has 0 aliphatic rings. The lowest BCUT2D eigenvalue weighted by molar-refractivity contribution is -0.142. The zero-order valence-electron chi connectivity index (χ0n) is 44.5. The fraction of sp³-hybridized carbons (Fsp3) is 0.259. The molecule has 8 aromatic rings. The minimum Gasteiger partial charge on any atom is -0.508 e. The van der Waals surface area contributed by atoms with Crippen molar-refractivity contribution in [1.82, 2.24) is 34.3 Å². The number of amides is 2. The second-order valence-electron chi connectivity index (χ2n) is 17.6. The number of hydrogen-bond donors (Lipinski definition) is 1. The first kappa shape index (κ1) is 63.8. The first-order valence-electron chi connectivity index (χ1n) is 23.9. The first-order chi connectivity index (χ1) is 37.3. The van der Waals surface area contributed by atoms with E-state index in [1.807, 2.05) is 0 Å². The summed E-state index contributed by atoms with van der Waals surface area (Å²) >= 11 is 7.30. The Bertz CT molecular complexity index is 3640. The van der Waals surface area contributed by atoms with Gasteiger partial charge < -0.3 is 24.5 Å². The van der Waals surface area contributed by atoms with Crippen LogP contribution in [-0.4, -0.2) is 128 Å². The van der Waals surface area contributed by atoms with Crippen LogP contribution in [0.5, 0.6) is 11.5 Å². The summed E-state index contributed by atoms with van der Waals surface area (Å²) in [5, 5.41) is 16.8. The number of sulfone groups is 2. The van der Waals surface area contributed by atoms with Gasteiger partial charge in [-0.05, 0) is 127 Å². The summed E-state index contributed by atoms with van der Waals surface area (Å²) in [6.07, 6.45) is -7.74. The Morgan fingerprint density at radius 3 is 1.31 bits per heavy atom. The minimum absolute atomic E-state index is 0.100. The van der Waals surface area contributed by atoms with Crippen molar-refractivity contribution in [1.29, 1.82) is 0 Å². The van der Waals surface area contributed by atoms with E-state index in [4.69, 9.17) is 16.3 Å². The van der Waals surface area contributed by atoms with Gasteiger partial charge in [0, 0.05) is 62.6 Å². The fourth-order valence-electron chi connectivity index (χ4n) is 6.97. The maximum Gasteiger partial charge on any atom is 0.435 e. The summed E-state index contributed by atoms with van der Waals surface area (Å²) in [5.74, 6) is 0.0441. The molecule has 0 saturated carbocycles. The molecular formula is C54H56ClF6N7O8S4. The standard InChI is InChI=1S/C24H20F3N3O4S2.C21H15F3N2O3S2.C6H15N.C3H6ClNO/c1-29(2)23(31)34-17-8-5-7-16(13-17)30-19(14-22(28-30)24(25,26)27)21-11-10-20(35-21)15-6-4-9-18(12-15)36(3,32)33;1-31(28,29)16-7-2-4-13(10-16)18-8-9-19(30-18)17-12-20(21(22,23)24)25-26(17)14-5-3-6-15(27)11-14;1-4-7(5-2)6-3;1-5(2)3(4)6/h4-14H,1-3H3;2-12,27H,1H3;4-6H2,1-3H3;1-2H3. The van der Waals surface area contributed by atoms with Gasteiger partial charge in [0.25, 0.3) is 0 Å². The first-order valence-corrected chi connectivity index (χ1v) is 29.7. The molecule has 0 saturated heterocycles. The predicted octanol–water partition coefficient (Wildman–Crippen LogP) is 13.4. The zero-order chi connectivity index (χ0) is 59.5. The fourth-order valence-corrected chi connectivity index (χ4v) is 10.3. The smallest absolute Gasteiger partial charge is 0.435 e. The second kappa shape index (κ2) is 27.0. The molecule has 1 N–H and O–H groups in total. The monoisotopic (exact) mass is 1210 g/mol. The van der Waals surface area contributed by atoms with E-state index >= 15 is 0 Å². The molecule has 0 bridgehead atoms. The summed E-state index contributed by atoms with van der Waals surface area (Å²) < 4.78 is 136. The van der Waals surface area contributed by atoms with Crippen LogP contribution in [0.3, 0.4) is 0 Å². The summed E-state index contributed by atoms with van der Waals surface area (Å²) in [4.78, 5) is 29.3. The van der Waals surface area contributed by atoms with Crippen molar-refractivity contribution >= 4 is 65.4 Å². The quantitative estimate of drug-likeness (QED) is 0.0699. The van der Waals surface area contributed by atoms with E-state index in [1.54, 1.807) is 80.8 Å². The highest BCUT2D eigenvalue weighted by molar-refractivity contribution is 7.91. The molecule has 8 rings (SSSR count). The molecule has 0 unspecified atom stereocenters. The van der Waals surface area contributed by atoms with Gasteiger partial charge in [0.2, 0.25) is 0 Å². The van der Waals surface area contributed by atoms with Crippen molar-refractivity contribution in [3.8, 4) is 64.9 Å². The van der Waals surface area contributed by atoms with Crippen LogP contribution in [0.2, 0.25) is 0 Å². The van der Waals surface area contributed by atoms with Crippen LogP contribution in [0, 0.1) is 0 Å². The molecule has 0 fully saturated rings. The van der Waals surface area contributed by atoms with Gasteiger partial charge in [-0.15, -0.1) is 22.7 Å². The highest BCUT2D eigenvalue weighted by Crippen LogP contribution is 2.41. The van der Waals surface area contributed by atoms with Gasteiger partial charge in [-0.2, -0.15) is 36.5 Å². The van der Waals surface area contributed by atoms with E-state index in [1.165, 1.54) is 121 Å². The lowest BCUT2D eigenvalue weighted by Gasteiger charge is -2.13. The third-order valence-corrected chi connectivity index (χ3v) is 16.1. The van der Waals surface area contributed by atoms with Crippen LogP contribution in [0.4, 0.5) is 35.9 Å². The highest BCUT2D eigenvalue weighted by Gasteiger charge is 2.37. The van der Waals surface area contributed by atoms with Gasteiger partial charge in [-0.3, -0.25) is 4.79 Å². The normalized spacial score (nSPS) is 11.6. The van der Waals surface area contributed by atoms with Gasteiger partial charge in [-0.1, -0.05) is 57.2 Å². The van der Waals surface area contributed by atoms with Crippen molar-refractivity contribution in [2.24, 2.45) is 0 Å². The average molecular weight is 1210 g/mol. The number of alkyl halides is 6.